The van der Waals surface area contributed by atoms with Crippen molar-refractivity contribution in [2.75, 3.05) is 7.11 Å². The van der Waals surface area contributed by atoms with Crippen LogP contribution in [-0.4, -0.2) is 13.1 Å². The summed E-state index contributed by atoms with van der Waals surface area (Å²) in [6.07, 6.45) is 4.41. The Morgan fingerprint density at radius 2 is 2.18 bits per heavy atom. The molecule has 0 aliphatic heterocycles. The van der Waals surface area contributed by atoms with Crippen LogP contribution in [0.25, 0.3) is 0 Å². The van der Waals surface area contributed by atoms with Crippen molar-refractivity contribution >= 4 is 6.03 Å². The molecule has 0 aromatic heterocycles. The van der Waals surface area contributed by atoms with E-state index in [1.54, 1.807) is 13.3 Å². The minimum Gasteiger partial charge on any atom is -0.496 e. The van der Waals surface area contributed by atoms with E-state index in [-0.39, 0.29) is 6.03 Å². The highest BCUT2D eigenvalue weighted by Gasteiger charge is 2.02. The van der Waals surface area contributed by atoms with Crippen LogP contribution in [-0.2, 0) is 6.54 Å². The number of hydrogen-bond donors (Lipinski definition) is 2. The highest BCUT2D eigenvalue weighted by molar-refractivity contribution is 5.74. The van der Waals surface area contributed by atoms with Crippen LogP contribution in [0.1, 0.15) is 18.9 Å². The molecule has 4 heteroatoms. The molecule has 0 aliphatic rings. The van der Waals surface area contributed by atoms with Gasteiger partial charge in [0.25, 0.3) is 0 Å². The SMILES string of the molecule is CC/C=C/NC(=O)NCc1ccccc1OC. The molecule has 0 heterocycles. The number of ether oxygens (including phenoxy) is 1. The third-order valence-electron chi connectivity index (χ3n) is 2.20. The zero-order chi connectivity index (χ0) is 12.5. The summed E-state index contributed by atoms with van der Waals surface area (Å²) >= 11 is 0. The third kappa shape index (κ3) is 4.59. The smallest absolute Gasteiger partial charge is 0.319 e. The Kier molecular flexibility index (Phi) is 5.64. The molecule has 17 heavy (non-hydrogen) atoms. The largest absolute Gasteiger partial charge is 0.496 e. The summed E-state index contributed by atoms with van der Waals surface area (Å²) in [5, 5.41) is 5.37. The molecule has 1 aromatic carbocycles. The van der Waals surface area contributed by atoms with E-state index in [4.69, 9.17) is 4.74 Å². The number of methoxy groups -OCH3 is 1. The van der Waals surface area contributed by atoms with Gasteiger partial charge in [-0.1, -0.05) is 31.2 Å². The van der Waals surface area contributed by atoms with Crippen LogP contribution < -0.4 is 15.4 Å². The molecule has 1 aromatic rings. The van der Waals surface area contributed by atoms with Gasteiger partial charge >= 0.3 is 6.03 Å². The minimum atomic E-state index is -0.222. The number of nitrogens with one attached hydrogen (secondary N) is 2. The molecule has 92 valence electrons. The maximum absolute atomic E-state index is 11.4. The lowest BCUT2D eigenvalue weighted by Gasteiger charge is -2.09. The normalized spacial score (nSPS) is 10.2. The van der Waals surface area contributed by atoms with Crippen molar-refractivity contribution in [3.63, 3.8) is 0 Å². The van der Waals surface area contributed by atoms with Crippen molar-refractivity contribution < 1.29 is 9.53 Å². The number of carbonyl (C=O) groups excluding carboxylic acids is 1. The fourth-order valence-electron chi connectivity index (χ4n) is 1.33. The molecule has 2 N–H and O–H groups in total. The van der Waals surface area contributed by atoms with E-state index < -0.39 is 0 Å². The van der Waals surface area contributed by atoms with E-state index in [0.717, 1.165) is 17.7 Å². The quantitative estimate of drug-likeness (QED) is 0.822. The van der Waals surface area contributed by atoms with Gasteiger partial charge in [-0.3, -0.25) is 0 Å². The minimum absolute atomic E-state index is 0.222. The van der Waals surface area contributed by atoms with Crippen LogP contribution in [0.15, 0.2) is 36.5 Å². The van der Waals surface area contributed by atoms with Gasteiger partial charge in [-0.05, 0) is 12.5 Å². The van der Waals surface area contributed by atoms with E-state index in [2.05, 4.69) is 10.6 Å². The van der Waals surface area contributed by atoms with E-state index in [1.165, 1.54) is 0 Å². The number of allylic oxidation sites excluding steroid dienone is 1. The van der Waals surface area contributed by atoms with E-state index in [1.807, 2.05) is 37.3 Å². The molecule has 2 amide bonds. The molecular formula is C13H18N2O2. The number of urea groups is 1. The first kappa shape index (κ1) is 13.1. The number of para-hydroxylation sites is 1. The van der Waals surface area contributed by atoms with Crippen molar-refractivity contribution in [1.29, 1.82) is 0 Å². The average Bonchev–Trinajstić information content (AvgIpc) is 2.37. The summed E-state index contributed by atoms with van der Waals surface area (Å²) in [6.45, 7) is 2.45. The third-order valence-corrected chi connectivity index (χ3v) is 2.20. The highest BCUT2D eigenvalue weighted by Crippen LogP contribution is 2.16. The van der Waals surface area contributed by atoms with Gasteiger partial charge in [-0.25, -0.2) is 4.79 Å². The fourth-order valence-corrected chi connectivity index (χ4v) is 1.33. The van der Waals surface area contributed by atoms with E-state index in [0.29, 0.717) is 6.54 Å². The first-order valence-electron chi connectivity index (χ1n) is 5.59. The molecule has 0 saturated carbocycles. The predicted octanol–water partition coefficient (Wildman–Crippen LogP) is 2.42. The Morgan fingerprint density at radius 3 is 2.88 bits per heavy atom. The monoisotopic (exact) mass is 234 g/mol. The number of benzene rings is 1. The van der Waals surface area contributed by atoms with Crippen molar-refractivity contribution in [3.05, 3.63) is 42.1 Å². The topological polar surface area (TPSA) is 50.4 Å². The molecule has 0 bridgehead atoms. The first-order chi connectivity index (χ1) is 8.27. The van der Waals surface area contributed by atoms with Gasteiger partial charge in [0.05, 0.1) is 7.11 Å². The lowest BCUT2D eigenvalue weighted by Crippen LogP contribution is -2.31. The van der Waals surface area contributed by atoms with Gasteiger partial charge in [0.2, 0.25) is 0 Å². The Balaban J connectivity index is 2.44. The second kappa shape index (κ2) is 7.33. The van der Waals surface area contributed by atoms with Gasteiger partial charge in [0.15, 0.2) is 0 Å². The van der Waals surface area contributed by atoms with Crippen LogP contribution in [0.3, 0.4) is 0 Å². The number of rotatable bonds is 5. The molecule has 0 fully saturated rings. The Hall–Kier alpha value is -1.97. The maximum Gasteiger partial charge on any atom is 0.319 e. The number of amides is 2. The van der Waals surface area contributed by atoms with Crippen molar-refractivity contribution in [2.24, 2.45) is 0 Å². The van der Waals surface area contributed by atoms with Crippen LogP contribution >= 0.6 is 0 Å². The Labute approximate surface area is 102 Å². The van der Waals surface area contributed by atoms with E-state index >= 15 is 0 Å². The molecule has 0 spiro atoms. The molecule has 1 rings (SSSR count). The molecule has 4 nitrogen and oxygen atoms in total. The van der Waals surface area contributed by atoms with Crippen LogP contribution in [0, 0.1) is 0 Å². The summed E-state index contributed by atoms with van der Waals surface area (Å²) in [5.74, 6) is 0.775. The lowest BCUT2D eigenvalue weighted by molar-refractivity contribution is 0.243. The standard InChI is InChI=1S/C13H18N2O2/c1-3-4-9-14-13(16)15-10-11-7-5-6-8-12(11)17-2/h4-9H,3,10H2,1-2H3,(H2,14,15,16)/b9-4+. The molecule has 0 saturated heterocycles. The number of carbonyl (C=O) groups is 1. The molecular weight excluding hydrogens is 216 g/mol. The zero-order valence-electron chi connectivity index (χ0n) is 10.2. The van der Waals surface area contributed by atoms with Crippen LogP contribution in [0.4, 0.5) is 4.79 Å². The molecule has 0 atom stereocenters. The van der Waals surface area contributed by atoms with Crippen LogP contribution in [0.5, 0.6) is 5.75 Å². The number of hydrogen-bond acceptors (Lipinski definition) is 2. The van der Waals surface area contributed by atoms with Gasteiger partial charge in [-0.2, -0.15) is 0 Å². The van der Waals surface area contributed by atoms with Crippen molar-refractivity contribution in [1.82, 2.24) is 10.6 Å². The summed E-state index contributed by atoms with van der Waals surface area (Å²) in [5.41, 5.74) is 0.949. The van der Waals surface area contributed by atoms with Gasteiger partial charge < -0.3 is 15.4 Å². The van der Waals surface area contributed by atoms with E-state index in [9.17, 15) is 4.79 Å². The maximum atomic E-state index is 11.4. The van der Waals surface area contributed by atoms with Gasteiger partial charge in [0, 0.05) is 18.3 Å². The van der Waals surface area contributed by atoms with Gasteiger partial charge in [0.1, 0.15) is 5.75 Å². The summed E-state index contributed by atoms with van der Waals surface area (Å²) < 4.78 is 5.19. The predicted molar refractivity (Wildman–Crippen MR) is 67.8 cm³/mol. The first-order valence-corrected chi connectivity index (χ1v) is 5.59. The average molecular weight is 234 g/mol. The fraction of sp³-hybridized carbons (Fsp3) is 0.308. The summed E-state index contributed by atoms with van der Waals surface area (Å²) in [4.78, 5) is 11.4. The molecule has 0 aliphatic carbocycles. The summed E-state index contributed by atoms with van der Waals surface area (Å²) in [6, 6.07) is 7.37. The zero-order valence-corrected chi connectivity index (χ0v) is 10.2. The van der Waals surface area contributed by atoms with Crippen LogP contribution in [0.2, 0.25) is 0 Å². The summed E-state index contributed by atoms with van der Waals surface area (Å²) in [7, 11) is 1.61. The second-order valence-corrected chi connectivity index (χ2v) is 3.45. The highest BCUT2D eigenvalue weighted by atomic mass is 16.5. The Morgan fingerprint density at radius 1 is 1.41 bits per heavy atom. The van der Waals surface area contributed by atoms with Gasteiger partial charge in [-0.15, -0.1) is 0 Å². The lowest BCUT2D eigenvalue weighted by atomic mass is 10.2. The Bertz CT molecular complexity index is 389. The molecule has 0 radical (unpaired) electrons. The van der Waals surface area contributed by atoms with Crippen molar-refractivity contribution in [3.8, 4) is 5.75 Å². The molecule has 0 unspecified atom stereocenters. The van der Waals surface area contributed by atoms with Crippen molar-refractivity contribution in [2.45, 2.75) is 19.9 Å². The second-order valence-electron chi connectivity index (χ2n) is 3.45.